The number of thiophene rings is 1. The first-order valence-corrected chi connectivity index (χ1v) is 11.1. The Bertz CT molecular complexity index is 1060. The van der Waals surface area contributed by atoms with Crippen molar-refractivity contribution in [2.45, 2.75) is 11.7 Å². The van der Waals surface area contributed by atoms with Crippen LogP contribution in [0.2, 0.25) is 5.02 Å². The smallest absolute Gasteiger partial charge is 0.263 e. The maximum Gasteiger partial charge on any atom is 0.263 e. The summed E-state index contributed by atoms with van der Waals surface area (Å²) in [5.41, 5.74) is -0.115. The number of aromatic nitrogens is 2. The number of carbonyl (C=O) groups is 1. The number of ether oxygens (including phenoxy) is 1. The highest BCUT2D eigenvalue weighted by atomic mass is 35.5. The van der Waals surface area contributed by atoms with E-state index in [1.165, 1.54) is 23.1 Å². The fourth-order valence-electron chi connectivity index (χ4n) is 2.52. The molecular weight excluding hydrogens is 430 g/mol. The summed E-state index contributed by atoms with van der Waals surface area (Å²) >= 11 is 8.51. The average molecular weight is 450 g/mol. The molecule has 2 heterocycles. The van der Waals surface area contributed by atoms with Gasteiger partial charge in [0.15, 0.2) is 5.16 Å². The van der Waals surface area contributed by atoms with E-state index in [1.54, 1.807) is 52.9 Å². The molecule has 29 heavy (non-hydrogen) atoms. The highest BCUT2D eigenvalue weighted by Crippen LogP contribution is 2.21. The Morgan fingerprint density at radius 3 is 2.86 bits per heavy atom. The lowest BCUT2D eigenvalue weighted by Gasteiger charge is -2.18. The van der Waals surface area contributed by atoms with Gasteiger partial charge >= 0.3 is 0 Å². The summed E-state index contributed by atoms with van der Waals surface area (Å²) in [6.45, 7) is 4.86. The molecule has 0 aliphatic heterocycles. The molecule has 0 saturated heterocycles. The zero-order valence-electron chi connectivity index (χ0n) is 15.8. The number of hydrogen-bond donors (Lipinski definition) is 0. The fraction of sp³-hybridized carbons (Fsp3) is 0.250. The van der Waals surface area contributed by atoms with Crippen molar-refractivity contribution in [2.24, 2.45) is 0 Å². The second-order valence-corrected chi connectivity index (χ2v) is 8.42. The monoisotopic (exact) mass is 449 g/mol. The maximum absolute atomic E-state index is 12.6. The van der Waals surface area contributed by atoms with Crippen LogP contribution >= 0.6 is 34.7 Å². The molecular formula is C20H20ClN3O3S2. The first-order valence-electron chi connectivity index (χ1n) is 8.83. The van der Waals surface area contributed by atoms with Crippen LogP contribution in [-0.4, -0.2) is 46.3 Å². The number of benzene rings is 1. The van der Waals surface area contributed by atoms with Crippen LogP contribution in [-0.2, 0) is 11.3 Å². The standard InChI is InChI=1S/C20H20ClN3O3S2/c1-3-9-24-19(26)16-8-12-28-18(16)22-20(24)29-13-17(25)23(2)10-11-27-15-6-4-14(21)5-7-15/h3-8,12H,1,9-11,13H2,2H3. The predicted octanol–water partition coefficient (Wildman–Crippen LogP) is 3.93. The summed E-state index contributed by atoms with van der Waals surface area (Å²) in [6, 6.07) is 8.84. The topological polar surface area (TPSA) is 64.4 Å². The van der Waals surface area contributed by atoms with Crippen LogP contribution in [0.25, 0.3) is 10.2 Å². The van der Waals surface area contributed by atoms with E-state index in [9.17, 15) is 9.59 Å². The van der Waals surface area contributed by atoms with Crippen LogP contribution < -0.4 is 10.3 Å². The fourth-order valence-corrected chi connectivity index (χ4v) is 4.40. The Labute approximate surface area is 181 Å². The van der Waals surface area contributed by atoms with Crippen molar-refractivity contribution >= 4 is 50.8 Å². The number of likely N-dealkylation sites (N-methyl/N-ethyl adjacent to an activating group) is 1. The molecule has 0 aliphatic carbocycles. The lowest BCUT2D eigenvalue weighted by atomic mass is 10.3. The summed E-state index contributed by atoms with van der Waals surface area (Å²) in [4.78, 5) is 31.9. The number of allylic oxidation sites excluding steroid dienone is 1. The van der Waals surface area contributed by atoms with Gasteiger partial charge in [0.05, 0.1) is 17.7 Å². The Balaban J connectivity index is 1.58. The summed E-state index contributed by atoms with van der Waals surface area (Å²) < 4.78 is 7.17. The number of fused-ring (bicyclic) bond motifs is 1. The minimum absolute atomic E-state index is 0.0691. The van der Waals surface area contributed by atoms with Gasteiger partial charge in [0.2, 0.25) is 5.91 Å². The van der Waals surface area contributed by atoms with Gasteiger partial charge in [-0.05, 0) is 35.7 Å². The number of nitrogens with zero attached hydrogens (tertiary/aromatic N) is 3. The van der Waals surface area contributed by atoms with Gasteiger partial charge in [0, 0.05) is 18.6 Å². The van der Waals surface area contributed by atoms with Crippen molar-refractivity contribution in [1.29, 1.82) is 0 Å². The Morgan fingerprint density at radius 2 is 2.14 bits per heavy atom. The summed E-state index contributed by atoms with van der Waals surface area (Å²) in [5, 5.41) is 3.59. The van der Waals surface area contributed by atoms with Crippen molar-refractivity contribution < 1.29 is 9.53 Å². The normalized spacial score (nSPS) is 10.8. The molecule has 0 unspecified atom stereocenters. The van der Waals surface area contributed by atoms with Crippen LogP contribution in [0.15, 0.2) is 58.3 Å². The molecule has 2 aromatic heterocycles. The quantitative estimate of drug-likeness (QED) is 0.281. The number of hydrogen-bond acceptors (Lipinski definition) is 6. The number of halogens is 1. The molecule has 0 atom stereocenters. The van der Waals surface area contributed by atoms with Gasteiger partial charge in [-0.25, -0.2) is 4.98 Å². The molecule has 152 valence electrons. The Kier molecular flexibility index (Phi) is 7.35. The Hall–Kier alpha value is -2.29. The zero-order valence-corrected chi connectivity index (χ0v) is 18.2. The van der Waals surface area contributed by atoms with Crippen molar-refractivity contribution in [1.82, 2.24) is 14.5 Å². The highest BCUT2D eigenvalue weighted by molar-refractivity contribution is 7.99. The van der Waals surface area contributed by atoms with Crippen molar-refractivity contribution in [3.8, 4) is 5.75 Å². The molecule has 0 radical (unpaired) electrons. The lowest BCUT2D eigenvalue weighted by Crippen LogP contribution is -2.32. The molecule has 1 amide bonds. The first kappa shape index (κ1) is 21.4. The van der Waals surface area contributed by atoms with Gasteiger partial charge in [-0.1, -0.05) is 29.4 Å². The SMILES string of the molecule is C=CCn1c(SCC(=O)N(C)CCOc2ccc(Cl)cc2)nc2sccc2c1=O. The van der Waals surface area contributed by atoms with E-state index in [0.29, 0.717) is 45.8 Å². The summed E-state index contributed by atoms with van der Waals surface area (Å²) in [7, 11) is 1.72. The minimum atomic E-state index is -0.115. The number of amides is 1. The third-order valence-corrected chi connectivity index (χ3v) is 6.14. The van der Waals surface area contributed by atoms with Crippen LogP contribution in [0.4, 0.5) is 0 Å². The summed E-state index contributed by atoms with van der Waals surface area (Å²) in [6.07, 6.45) is 1.65. The van der Waals surface area contributed by atoms with Crippen molar-refractivity contribution in [3.63, 3.8) is 0 Å². The Morgan fingerprint density at radius 1 is 1.38 bits per heavy atom. The van der Waals surface area contributed by atoms with Crippen molar-refractivity contribution in [2.75, 3.05) is 26.0 Å². The van der Waals surface area contributed by atoms with Crippen LogP contribution in [0.1, 0.15) is 0 Å². The van der Waals surface area contributed by atoms with E-state index in [2.05, 4.69) is 11.6 Å². The van der Waals surface area contributed by atoms with Crippen LogP contribution in [0.5, 0.6) is 5.75 Å². The van der Waals surface area contributed by atoms with Gasteiger partial charge in [-0.3, -0.25) is 14.2 Å². The number of rotatable bonds is 9. The van der Waals surface area contributed by atoms with E-state index >= 15 is 0 Å². The third kappa shape index (κ3) is 5.41. The largest absolute Gasteiger partial charge is 0.492 e. The molecule has 0 bridgehead atoms. The zero-order chi connectivity index (χ0) is 20.8. The number of thioether (sulfide) groups is 1. The average Bonchev–Trinajstić information content (AvgIpc) is 3.19. The molecule has 0 spiro atoms. The highest BCUT2D eigenvalue weighted by Gasteiger charge is 2.15. The van der Waals surface area contributed by atoms with E-state index in [-0.39, 0.29) is 17.2 Å². The third-order valence-electron chi connectivity index (χ3n) is 4.12. The number of carbonyl (C=O) groups excluding carboxylic acids is 1. The van der Waals surface area contributed by atoms with Gasteiger partial charge in [0.25, 0.3) is 5.56 Å². The maximum atomic E-state index is 12.6. The molecule has 6 nitrogen and oxygen atoms in total. The molecule has 9 heteroatoms. The predicted molar refractivity (Wildman–Crippen MR) is 119 cm³/mol. The second-order valence-electron chi connectivity index (χ2n) is 6.14. The van der Waals surface area contributed by atoms with Gasteiger partial charge in [0.1, 0.15) is 17.2 Å². The molecule has 0 fully saturated rings. The van der Waals surface area contributed by atoms with E-state index in [1.807, 2.05) is 5.38 Å². The van der Waals surface area contributed by atoms with E-state index in [4.69, 9.17) is 16.3 Å². The second kappa shape index (κ2) is 9.96. The van der Waals surface area contributed by atoms with Gasteiger partial charge in [-0.15, -0.1) is 17.9 Å². The van der Waals surface area contributed by atoms with Crippen LogP contribution in [0, 0.1) is 0 Å². The molecule has 0 aliphatic rings. The van der Waals surface area contributed by atoms with Crippen LogP contribution in [0.3, 0.4) is 0 Å². The molecule has 0 N–H and O–H groups in total. The minimum Gasteiger partial charge on any atom is -0.492 e. The first-order chi connectivity index (χ1) is 14.0. The summed E-state index contributed by atoms with van der Waals surface area (Å²) in [5.74, 6) is 0.810. The molecule has 1 aromatic carbocycles. The molecule has 0 saturated carbocycles. The van der Waals surface area contributed by atoms with E-state index in [0.717, 1.165) is 0 Å². The van der Waals surface area contributed by atoms with E-state index < -0.39 is 0 Å². The lowest BCUT2D eigenvalue weighted by molar-refractivity contribution is -0.127. The molecule has 3 rings (SSSR count). The molecule has 3 aromatic rings. The van der Waals surface area contributed by atoms with Gasteiger partial charge < -0.3 is 9.64 Å². The van der Waals surface area contributed by atoms with Crippen molar-refractivity contribution in [3.05, 3.63) is 63.7 Å². The van der Waals surface area contributed by atoms with Gasteiger partial charge in [-0.2, -0.15) is 0 Å².